The van der Waals surface area contributed by atoms with Crippen molar-refractivity contribution in [2.24, 2.45) is 0 Å². The van der Waals surface area contributed by atoms with Gasteiger partial charge >= 0.3 is 0 Å². The third-order valence-corrected chi connectivity index (χ3v) is 5.38. The number of ether oxygens (including phenoxy) is 1. The zero-order chi connectivity index (χ0) is 18.9. The van der Waals surface area contributed by atoms with E-state index in [-0.39, 0.29) is 17.9 Å². The lowest BCUT2D eigenvalue weighted by molar-refractivity contribution is -0.118. The molecule has 3 rings (SSSR count). The minimum absolute atomic E-state index is 0.0389. The Hall–Kier alpha value is -2.40. The van der Waals surface area contributed by atoms with Gasteiger partial charge in [0.1, 0.15) is 5.75 Å². The normalized spacial score (nSPS) is 11.6. The van der Waals surface area contributed by atoms with E-state index in [1.165, 1.54) is 22.5 Å². The van der Waals surface area contributed by atoms with Crippen LogP contribution in [0.15, 0.2) is 36.4 Å². The molecule has 4 nitrogen and oxygen atoms in total. The lowest BCUT2D eigenvalue weighted by Crippen LogP contribution is -2.20. The number of carbonyl (C=O) groups excluding carboxylic acids is 1. The molecule has 0 unspecified atom stereocenters. The summed E-state index contributed by atoms with van der Waals surface area (Å²) in [5, 5.41) is 3.44. The van der Waals surface area contributed by atoms with Crippen molar-refractivity contribution in [3.8, 4) is 5.75 Å². The van der Waals surface area contributed by atoms with Gasteiger partial charge in [0.15, 0.2) is 11.7 Å². The lowest BCUT2D eigenvalue weighted by atomic mass is 9.87. The summed E-state index contributed by atoms with van der Waals surface area (Å²) in [4.78, 5) is 16.7. The highest BCUT2D eigenvalue weighted by Gasteiger charge is 2.14. The van der Waals surface area contributed by atoms with Gasteiger partial charge in [0.2, 0.25) is 0 Å². The van der Waals surface area contributed by atoms with Crippen LogP contribution in [0.4, 0.5) is 5.13 Å². The molecule has 26 heavy (non-hydrogen) atoms. The van der Waals surface area contributed by atoms with Crippen molar-refractivity contribution in [1.82, 2.24) is 4.98 Å². The van der Waals surface area contributed by atoms with Gasteiger partial charge in [0.25, 0.3) is 5.91 Å². The van der Waals surface area contributed by atoms with Crippen LogP contribution in [0, 0.1) is 13.8 Å². The van der Waals surface area contributed by atoms with E-state index in [0.29, 0.717) is 10.9 Å². The van der Waals surface area contributed by atoms with Gasteiger partial charge in [0.05, 0.1) is 10.2 Å². The molecule has 2 aromatic carbocycles. The van der Waals surface area contributed by atoms with E-state index in [1.807, 2.05) is 37.3 Å². The fraction of sp³-hybridized carbons (Fsp3) is 0.333. The molecule has 0 fully saturated rings. The summed E-state index contributed by atoms with van der Waals surface area (Å²) in [6.07, 6.45) is 0. The number of amides is 1. The molecule has 1 amide bonds. The Bertz CT molecular complexity index is 898. The summed E-state index contributed by atoms with van der Waals surface area (Å²) in [5.74, 6) is 0.475. The van der Waals surface area contributed by atoms with Gasteiger partial charge in [-0.05, 0) is 48.1 Å². The Morgan fingerprint density at radius 3 is 2.35 bits per heavy atom. The molecule has 0 aliphatic carbocycles. The number of carbonyl (C=O) groups is 1. The van der Waals surface area contributed by atoms with E-state index in [2.05, 4.69) is 44.1 Å². The molecule has 0 atom stereocenters. The second-order valence-electron chi connectivity index (χ2n) is 7.51. The Morgan fingerprint density at radius 2 is 1.73 bits per heavy atom. The predicted octanol–water partition coefficient (Wildman–Crippen LogP) is 5.23. The maximum atomic E-state index is 12.2. The first kappa shape index (κ1) is 18.4. The SMILES string of the molecule is Cc1ccc(C)c2sc(NC(=O)COc3ccc(C(C)(C)C)cc3)nc12. The number of hydrogen-bond donors (Lipinski definition) is 1. The Balaban J connectivity index is 1.63. The molecule has 0 aliphatic heterocycles. The van der Waals surface area contributed by atoms with Crippen molar-refractivity contribution in [2.45, 2.75) is 40.0 Å². The lowest BCUT2D eigenvalue weighted by Gasteiger charge is -2.19. The van der Waals surface area contributed by atoms with Gasteiger partial charge in [-0.2, -0.15) is 0 Å². The molecule has 0 radical (unpaired) electrons. The first-order valence-electron chi connectivity index (χ1n) is 8.64. The minimum Gasteiger partial charge on any atom is -0.484 e. The second kappa shape index (κ2) is 7.08. The van der Waals surface area contributed by atoms with Gasteiger partial charge in [-0.15, -0.1) is 0 Å². The van der Waals surface area contributed by atoms with E-state index < -0.39 is 0 Å². The van der Waals surface area contributed by atoms with Crippen LogP contribution in [-0.2, 0) is 10.2 Å². The van der Waals surface area contributed by atoms with Crippen molar-refractivity contribution in [3.63, 3.8) is 0 Å². The quantitative estimate of drug-likeness (QED) is 0.686. The van der Waals surface area contributed by atoms with E-state index in [9.17, 15) is 4.79 Å². The van der Waals surface area contributed by atoms with Crippen LogP contribution in [-0.4, -0.2) is 17.5 Å². The monoisotopic (exact) mass is 368 g/mol. The van der Waals surface area contributed by atoms with Crippen LogP contribution in [0.5, 0.6) is 5.75 Å². The van der Waals surface area contributed by atoms with Gasteiger partial charge in [-0.3, -0.25) is 10.1 Å². The topological polar surface area (TPSA) is 51.2 Å². The van der Waals surface area contributed by atoms with Crippen molar-refractivity contribution in [3.05, 3.63) is 53.1 Å². The molecule has 0 saturated carbocycles. The Labute approximate surface area is 158 Å². The average Bonchev–Trinajstić information content (AvgIpc) is 3.01. The standard InChI is InChI=1S/C21H24N2O2S/c1-13-6-7-14(2)19-18(13)23-20(26-19)22-17(24)12-25-16-10-8-15(9-11-16)21(3,4)5/h6-11H,12H2,1-5H3,(H,22,23,24). The average molecular weight is 369 g/mol. The van der Waals surface area contributed by atoms with Crippen LogP contribution < -0.4 is 10.1 Å². The molecule has 136 valence electrons. The van der Waals surface area contributed by atoms with Crippen LogP contribution >= 0.6 is 11.3 Å². The fourth-order valence-electron chi connectivity index (χ4n) is 2.67. The molecule has 0 saturated heterocycles. The number of hydrogen-bond acceptors (Lipinski definition) is 4. The highest BCUT2D eigenvalue weighted by molar-refractivity contribution is 7.22. The summed E-state index contributed by atoms with van der Waals surface area (Å²) in [6.45, 7) is 10.5. The largest absolute Gasteiger partial charge is 0.484 e. The summed E-state index contributed by atoms with van der Waals surface area (Å²) >= 11 is 1.49. The maximum Gasteiger partial charge on any atom is 0.264 e. The van der Waals surface area contributed by atoms with Crippen LogP contribution in [0.1, 0.15) is 37.5 Å². The van der Waals surface area contributed by atoms with Crippen molar-refractivity contribution >= 4 is 32.6 Å². The van der Waals surface area contributed by atoms with Crippen molar-refractivity contribution in [1.29, 1.82) is 0 Å². The molecule has 1 aromatic heterocycles. The molecule has 3 aromatic rings. The molecule has 1 heterocycles. The summed E-state index contributed by atoms with van der Waals surface area (Å²) in [6, 6.07) is 12.0. The van der Waals surface area contributed by atoms with Crippen molar-refractivity contribution in [2.75, 3.05) is 11.9 Å². The first-order valence-corrected chi connectivity index (χ1v) is 9.45. The fourth-order valence-corrected chi connectivity index (χ4v) is 3.70. The number of thiazole rings is 1. The van der Waals surface area contributed by atoms with E-state index >= 15 is 0 Å². The highest BCUT2D eigenvalue weighted by Crippen LogP contribution is 2.30. The zero-order valence-corrected chi connectivity index (χ0v) is 16.7. The molecule has 0 aliphatic rings. The summed E-state index contributed by atoms with van der Waals surface area (Å²) in [5.41, 5.74) is 4.55. The summed E-state index contributed by atoms with van der Waals surface area (Å²) < 4.78 is 6.70. The number of anilines is 1. The van der Waals surface area contributed by atoms with Crippen LogP contribution in [0.3, 0.4) is 0 Å². The summed E-state index contributed by atoms with van der Waals surface area (Å²) in [7, 11) is 0. The maximum absolute atomic E-state index is 12.2. The number of nitrogens with zero attached hydrogens (tertiary/aromatic N) is 1. The second-order valence-corrected chi connectivity index (χ2v) is 8.51. The predicted molar refractivity (Wildman–Crippen MR) is 108 cm³/mol. The molecule has 0 spiro atoms. The number of aromatic nitrogens is 1. The smallest absolute Gasteiger partial charge is 0.264 e. The highest BCUT2D eigenvalue weighted by atomic mass is 32.1. The number of rotatable bonds is 4. The number of benzene rings is 2. The number of nitrogens with one attached hydrogen (secondary N) is 1. The number of aryl methyl sites for hydroxylation is 2. The third-order valence-electron chi connectivity index (χ3n) is 4.28. The Kier molecular flexibility index (Phi) is 5.01. The molecule has 1 N–H and O–H groups in total. The van der Waals surface area contributed by atoms with Gasteiger partial charge in [-0.25, -0.2) is 4.98 Å². The van der Waals surface area contributed by atoms with Gasteiger partial charge in [-0.1, -0.05) is 56.4 Å². The molecule has 5 heteroatoms. The minimum atomic E-state index is -0.209. The van der Waals surface area contributed by atoms with E-state index in [1.54, 1.807) is 0 Å². The zero-order valence-electron chi connectivity index (χ0n) is 15.8. The van der Waals surface area contributed by atoms with E-state index in [4.69, 9.17) is 4.74 Å². The third kappa shape index (κ3) is 4.05. The van der Waals surface area contributed by atoms with Crippen LogP contribution in [0.25, 0.3) is 10.2 Å². The van der Waals surface area contributed by atoms with Gasteiger partial charge < -0.3 is 4.74 Å². The van der Waals surface area contributed by atoms with E-state index in [0.717, 1.165) is 15.8 Å². The number of fused-ring (bicyclic) bond motifs is 1. The first-order chi connectivity index (χ1) is 12.2. The van der Waals surface area contributed by atoms with Gasteiger partial charge in [0, 0.05) is 0 Å². The van der Waals surface area contributed by atoms with Crippen molar-refractivity contribution < 1.29 is 9.53 Å². The molecule has 0 bridgehead atoms. The molecular weight excluding hydrogens is 344 g/mol. The Morgan fingerprint density at radius 1 is 1.08 bits per heavy atom. The molecular formula is C21H24N2O2S. The van der Waals surface area contributed by atoms with Crippen LogP contribution in [0.2, 0.25) is 0 Å².